The van der Waals surface area contributed by atoms with Crippen molar-refractivity contribution in [1.82, 2.24) is 4.98 Å². The molecule has 0 aliphatic heterocycles. The number of aromatic nitrogens is 1. The molecular formula is C57H41NO2. The second kappa shape index (κ2) is 15.0. The summed E-state index contributed by atoms with van der Waals surface area (Å²) < 4.78 is 0. The van der Waals surface area contributed by atoms with E-state index in [4.69, 9.17) is 4.98 Å². The molecule has 10 rings (SSSR count). The SMILES string of the molecule is Cc1ccnc(C2(c3cccc(C(O)(c4cccc(C(=O)c5ccccc5-c5ccccc5)c4)c4ccccc4-c4ccccc4)c3)c3ccccc3-c3ccccc32)c1. The van der Waals surface area contributed by atoms with Gasteiger partial charge in [0.2, 0.25) is 0 Å². The first kappa shape index (κ1) is 36.9. The molecule has 0 radical (unpaired) electrons. The summed E-state index contributed by atoms with van der Waals surface area (Å²) >= 11 is 0. The van der Waals surface area contributed by atoms with Gasteiger partial charge in [0.15, 0.2) is 5.78 Å². The first-order valence-corrected chi connectivity index (χ1v) is 20.4. The molecule has 0 spiro atoms. The van der Waals surface area contributed by atoms with Crippen LogP contribution in [0.5, 0.6) is 0 Å². The average Bonchev–Trinajstić information content (AvgIpc) is 3.63. The summed E-state index contributed by atoms with van der Waals surface area (Å²) in [7, 11) is 0. The second-order valence-corrected chi connectivity index (χ2v) is 15.6. The van der Waals surface area contributed by atoms with E-state index in [1.54, 1.807) is 0 Å². The molecule has 3 nitrogen and oxygen atoms in total. The lowest BCUT2D eigenvalue weighted by Gasteiger charge is -2.36. The molecule has 1 atom stereocenters. The molecule has 0 amide bonds. The van der Waals surface area contributed by atoms with Gasteiger partial charge in [0.1, 0.15) is 5.60 Å². The molecule has 1 aromatic heterocycles. The highest BCUT2D eigenvalue weighted by Crippen LogP contribution is 2.56. The van der Waals surface area contributed by atoms with Gasteiger partial charge in [-0.05, 0) is 91.9 Å². The molecule has 1 aliphatic rings. The van der Waals surface area contributed by atoms with Gasteiger partial charge in [-0.15, -0.1) is 0 Å². The Balaban J connectivity index is 1.22. The zero-order valence-corrected chi connectivity index (χ0v) is 33.2. The predicted octanol–water partition coefficient (Wildman–Crippen LogP) is 12.6. The van der Waals surface area contributed by atoms with Crippen LogP contribution in [-0.4, -0.2) is 15.9 Å². The zero-order chi connectivity index (χ0) is 40.7. The zero-order valence-electron chi connectivity index (χ0n) is 33.2. The number of rotatable bonds is 9. The lowest BCUT2D eigenvalue weighted by molar-refractivity contribution is 0.103. The minimum atomic E-state index is -1.71. The summed E-state index contributed by atoms with van der Waals surface area (Å²) in [5.74, 6) is -0.118. The van der Waals surface area contributed by atoms with Crippen LogP contribution in [0, 0.1) is 6.92 Å². The van der Waals surface area contributed by atoms with Crippen molar-refractivity contribution in [3.05, 3.63) is 280 Å². The van der Waals surface area contributed by atoms with E-state index < -0.39 is 11.0 Å². The number of hydrogen-bond donors (Lipinski definition) is 1. The van der Waals surface area contributed by atoms with Crippen molar-refractivity contribution >= 4 is 5.78 Å². The standard InChI is InChI=1S/C57H41NO2/c1-39-34-35-58-54(36-39)56(51-31-13-11-28-48(51)49-29-12-14-32-52(49)56)43-23-17-25-45(38-43)57(60,53-33-15-10-27-47(53)41-20-6-3-7-21-41)44-24-16-22-42(37-44)55(59)50-30-9-8-26-46(50)40-18-4-2-5-19-40/h2-38,60H,1H3. The van der Waals surface area contributed by atoms with Crippen LogP contribution in [0.15, 0.2) is 225 Å². The Labute approximate surface area is 351 Å². The highest BCUT2D eigenvalue weighted by Gasteiger charge is 2.48. The van der Waals surface area contributed by atoms with E-state index in [0.717, 1.165) is 61.3 Å². The molecular weight excluding hydrogens is 731 g/mol. The van der Waals surface area contributed by atoms with Gasteiger partial charge in [0.05, 0.1) is 11.1 Å². The molecule has 1 heterocycles. The van der Waals surface area contributed by atoms with Crippen molar-refractivity contribution in [3.8, 4) is 33.4 Å². The minimum Gasteiger partial charge on any atom is -0.376 e. The van der Waals surface area contributed by atoms with Gasteiger partial charge in [0.25, 0.3) is 0 Å². The fourth-order valence-electron chi connectivity index (χ4n) is 9.43. The first-order valence-electron chi connectivity index (χ1n) is 20.4. The highest BCUT2D eigenvalue weighted by atomic mass is 16.3. The second-order valence-electron chi connectivity index (χ2n) is 15.6. The number of nitrogens with zero attached hydrogens (tertiary/aromatic N) is 1. The van der Waals surface area contributed by atoms with Crippen LogP contribution >= 0.6 is 0 Å². The predicted molar refractivity (Wildman–Crippen MR) is 242 cm³/mol. The van der Waals surface area contributed by atoms with Gasteiger partial charge in [-0.25, -0.2) is 0 Å². The van der Waals surface area contributed by atoms with Crippen LogP contribution in [0.2, 0.25) is 0 Å². The Morgan fingerprint density at radius 1 is 0.500 bits per heavy atom. The number of hydrogen-bond acceptors (Lipinski definition) is 3. The summed E-state index contributed by atoms with van der Waals surface area (Å²) in [6.45, 7) is 2.11. The van der Waals surface area contributed by atoms with Gasteiger partial charge >= 0.3 is 0 Å². The van der Waals surface area contributed by atoms with Crippen molar-refractivity contribution in [2.45, 2.75) is 17.9 Å². The van der Waals surface area contributed by atoms with Crippen molar-refractivity contribution in [1.29, 1.82) is 0 Å². The van der Waals surface area contributed by atoms with Crippen molar-refractivity contribution in [2.24, 2.45) is 0 Å². The molecule has 3 heteroatoms. The molecule has 0 saturated carbocycles. The molecule has 8 aromatic carbocycles. The number of pyridine rings is 1. The van der Waals surface area contributed by atoms with Crippen molar-refractivity contribution in [3.63, 3.8) is 0 Å². The smallest absolute Gasteiger partial charge is 0.193 e. The summed E-state index contributed by atoms with van der Waals surface area (Å²) in [6.07, 6.45) is 1.89. The fraction of sp³-hybridized carbons (Fsp3) is 0.0526. The van der Waals surface area contributed by atoms with E-state index >= 15 is 0 Å². The number of benzene rings is 8. The maximum atomic E-state index is 14.7. The van der Waals surface area contributed by atoms with E-state index in [2.05, 4.69) is 91.9 Å². The van der Waals surface area contributed by atoms with Crippen LogP contribution < -0.4 is 0 Å². The van der Waals surface area contributed by atoms with Crippen LogP contribution in [-0.2, 0) is 11.0 Å². The van der Waals surface area contributed by atoms with E-state index in [0.29, 0.717) is 27.8 Å². The number of fused-ring (bicyclic) bond motifs is 3. The van der Waals surface area contributed by atoms with E-state index in [9.17, 15) is 9.90 Å². The van der Waals surface area contributed by atoms with Gasteiger partial charge in [-0.1, -0.05) is 200 Å². The number of ketones is 1. The number of carbonyl (C=O) groups excluding carboxylic acids is 1. The quantitative estimate of drug-likeness (QED) is 0.117. The molecule has 1 aliphatic carbocycles. The van der Waals surface area contributed by atoms with Gasteiger partial charge in [0, 0.05) is 22.9 Å². The monoisotopic (exact) mass is 771 g/mol. The lowest BCUT2D eigenvalue weighted by Crippen LogP contribution is -2.33. The molecule has 60 heavy (non-hydrogen) atoms. The van der Waals surface area contributed by atoms with E-state index in [1.165, 1.54) is 0 Å². The maximum Gasteiger partial charge on any atom is 0.193 e. The Hall–Kier alpha value is -7.46. The molecule has 1 unspecified atom stereocenters. The van der Waals surface area contributed by atoms with Crippen LogP contribution in [0.25, 0.3) is 33.4 Å². The van der Waals surface area contributed by atoms with Crippen molar-refractivity contribution in [2.75, 3.05) is 0 Å². The van der Waals surface area contributed by atoms with Crippen LogP contribution in [0.3, 0.4) is 0 Å². The summed E-state index contributed by atoms with van der Waals surface area (Å²) in [6, 6.07) is 73.3. The average molecular weight is 772 g/mol. The van der Waals surface area contributed by atoms with Gasteiger partial charge in [-0.2, -0.15) is 0 Å². The Morgan fingerprint density at radius 2 is 1.03 bits per heavy atom. The Kier molecular flexibility index (Phi) is 9.24. The highest BCUT2D eigenvalue weighted by molar-refractivity contribution is 6.13. The number of aliphatic hydroxyl groups is 1. The van der Waals surface area contributed by atoms with E-state index in [1.807, 2.05) is 140 Å². The largest absolute Gasteiger partial charge is 0.376 e. The molecule has 286 valence electrons. The fourth-order valence-corrected chi connectivity index (χ4v) is 9.43. The van der Waals surface area contributed by atoms with Gasteiger partial charge < -0.3 is 5.11 Å². The Morgan fingerprint density at radius 3 is 1.70 bits per heavy atom. The third-order valence-corrected chi connectivity index (χ3v) is 12.2. The van der Waals surface area contributed by atoms with Crippen LogP contribution in [0.4, 0.5) is 0 Å². The number of aryl methyl sites for hydroxylation is 1. The summed E-state index contributed by atoms with van der Waals surface area (Å²) in [4.78, 5) is 19.8. The summed E-state index contributed by atoms with van der Waals surface area (Å²) in [5, 5.41) is 14.0. The first-order chi connectivity index (χ1) is 29.5. The summed E-state index contributed by atoms with van der Waals surface area (Å²) in [5.41, 5.74) is 11.9. The van der Waals surface area contributed by atoms with Crippen molar-refractivity contribution < 1.29 is 9.90 Å². The normalized spacial score (nSPS) is 13.5. The maximum absolute atomic E-state index is 14.7. The minimum absolute atomic E-state index is 0.118. The van der Waals surface area contributed by atoms with Gasteiger partial charge in [-0.3, -0.25) is 9.78 Å². The molecule has 0 saturated heterocycles. The van der Waals surface area contributed by atoms with Crippen LogP contribution in [0.1, 0.15) is 60.6 Å². The molecule has 0 fully saturated rings. The molecule has 9 aromatic rings. The Bertz CT molecular complexity index is 3000. The lowest BCUT2D eigenvalue weighted by atomic mass is 9.68. The third kappa shape index (κ3) is 5.94. The molecule has 0 bridgehead atoms. The topological polar surface area (TPSA) is 50.2 Å². The van der Waals surface area contributed by atoms with E-state index in [-0.39, 0.29) is 5.78 Å². The number of carbonyl (C=O) groups is 1. The third-order valence-electron chi connectivity index (χ3n) is 12.2. The molecule has 1 N–H and O–H groups in total.